The Balaban J connectivity index is 2.32. The lowest BCUT2D eigenvalue weighted by Crippen LogP contribution is -2.49. The number of rotatable bonds is 4. The Bertz CT molecular complexity index is 493. The number of piperazine rings is 1. The van der Waals surface area contributed by atoms with Gasteiger partial charge in [0.2, 0.25) is 5.91 Å². The molecular formula is C11H15N5O3. The second kappa shape index (κ2) is 5.72. The Morgan fingerprint density at radius 3 is 3.16 bits per heavy atom. The van der Waals surface area contributed by atoms with Gasteiger partial charge in [-0.15, -0.1) is 0 Å². The highest BCUT2D eigenvalue weighted by molar-refractivity contribution is 5.76. The van der Waals surface area contributed by atoms with Gasteiger partial charge in [-0.25, -0.2) is 0 Å². The third kappa shape index (κ3) is 3.04. The van der Waals surface area contributed by atoms with E-state index in [4.69, 9.17) is 5.73 Å². The molecule has 2 heterocycles. The van der Waals surface area contributed by atoms with Crippen molar-refractivity contribution in [2.45, 2.75) is 6.04 Å². The molecule has 1 saturated heterocycles. The maximum atomic E-state index is 11.1. The highest BCUT2D eigenvalue weighted by Crippen LogP contribution is 2.27. The fourth-order valence-corrected chi connectivity index (χ4v) is 2.23. The van der Waals surface area contributed by atoms with Crippen molar-refractivity contribution in [3.05, 3.63) is 34.1 Å². The SMILES string of the molecule is NC(=O)CN1CCNCC1c1ncccc1[N+](=O)[O-]. The molecule has 0 aliphatic carbocycles. The molecule has 0 aromatic carbocycles. The zero-order valence-electron chi connectivity index (χ0n) is 10.3. The van der Waals surface area contributed by atoms with E-state index in [1.807, 2.05) is 4.90 Å². The van der Waals surface area contributed by atoms with Gasteiger partial charge in [0, 0.05) is 31.9 Å². The Morgan fingerprint density at radius 1 is 1.68 bits per heavy atom. The topological polar surface area (TPSA) is 114 Å². The number of amides is 1. The van der Waals surface area contributed by atoms with E-state index < -0.39 is 10.8 Å². The standard InChI is InChI=1S/C11H15N5O3/c12-10(17)7-15-5-4-13-6-9(15)11-8(16(18)19)2-1-3-14-11/h1-3,9,13H,4-7H2,(H2,12,17). The summed E-state index contributed by atoms with van der Waals surface area (Å²) in [4.78, 5) is 27.6. The summed E-state index contributed by atoms with van der Waals surface area (Å²) in [5.41, 5.74) is 5.53. The van der Waals surface area contributed by atoms with Gasteiger partial charge in [-0.3, -0.25) is 24.8 Å². The number of primary amides is 1. The fourth-order valence-electron chi connectivity index (χ4n) is 2.23. The average Bonchev–Trinajstić information content (AvgIpc) is 2.38. The summed E-state index contributed by atoms with van der Waals surface area (Å²) in [6.45, 7) is 1.89. The van der Waals surface area contributed by atoms with Gasteiger partial charge in [-0.1, -0.05) is 0 Å². The number of hydrogen-bond acceptors (Lipinski definition) is 6. The van der Waals surface area contributed by atoms with Crippen molar-refractivity contribution in [1.29, 1.82) is 0 Å². The normalized spacial score (nSPS) is 20.1. The smallest absolute Gasteiger partial charge is 0.292 e. The number of pyridine rings is 1. The number of nitrogens with two attached hydrogens (primary N) is 1. The molecule has 3 N–H and O–H groups in total. The van der Waals surface area contributed by atoms with Crippen LogP contribution in [0.15, 0.2) is 18.3 Å². The van der Waals surface area contributed by atoms with Crippen LogP contribution in [0.3, 0.4) is 0 Å². The number of carbonyl (C=O) groups is 1. The van der Waals surface area contributed by atoms with E-state index in [2.05, 4.69) is 10.3 Å². The first-order chi connectivity index (χ1) is 9.09. The average molecular weight is 265 g/mol. The van der Waals surface area contributed by atoms with Gasteiger partial charge < -0.3 is 11.1 Å². The van der Waals surface area contributed by atoms with Crippen LogP contribution in [0.5, 0.6) is 0 Å². The molecule has 0 spiro atoms. The van der Waals surface area contributed by atoms with Crippen molar-refractivity contribution >= 4 is 11.6 Å². The molecule has 0 bridgehead atoms. The third-order valence-electron chi connectivity index (χ3n) is 3.04. The molecule has 8 nitrogen and oxygen atoms in total. The molecule has 1 aromatic rings. The summed E-state index contributed by atoms with van der Waals surface area (Å²) >= 11 is 0. The van der Waals surface area contributed by atoms with Crippen LogP contribution in [0.1, 0.15) is 11.7 Å². The lowest BCUT2D eigenvalue weighted by Gasteiger charge is -2.34. The molecule has 0 radical (unpaired) electrons. The van der Waals surface area contributed by atoms with Crippen LogP contribution in [-0.2, 0) is 4.79 Å². The number of nitrogens with zero attached hydrogens (tertiary/aromatic N) is 3. The molecule has 102 valence electrons. The first-order valence-electron chi connectivity index (χ1n) is 5.92. The zero-order valence-corrected chi connectivity index (χ0v) is 10.3. The zero-order chi connectivity index (χ0) is 13.8. The summed E-state index contributed by atoms with van der Waals surface area (Å²) < 4.78 is 0. The lowest BCUT2D eigenvalue weighted by molar-refractivity contribution is -0.386. The molecule has 1 atom stereocenters. The highest BCUT2D eigenvalue weighted by atomic mass is 16.6. The first kappa shape index (κ1) is 13.4. The van der Waals surface area contributed by atoms with E-state index in [1.54, 1.807) is 0 Å². The predicted molar refractivity (Wildman–Crippen MR) is 67.3 cm³/mol. The van der Waals surface area contributed by atoms with E-state index in [-0.39, 0.29) is 18.3 Å². The van der Waals surface area contributed by atoms with Crippen molar-refractivity contribution in [1.82, 2.24) is 15.2 Å². The van der Waals surface area contributed by atoms with Crippen LogP contribution in [0, 0.1) is 10.1 Å². The minimum atomic E-state index is -0.459. The molecule has 19 heavy (non-hydrogen) atoms. The summed E-state index contributed by atoms with van der Waals surface area (Å²) in [5, 5.41) is 14.2. The quantitative estimate of drug-likeness (QED) is 0.556. The van der Waals surface area contributed by atoms with E-state index >= 15 is 0 Å². The second-order valence-corrected chi connectivity index (χ2v) is 4.32. The minimum Gasteiger partial charge on any atom is -0.369 e. The molecule has 1 aliphatic heterocycles. The first-order valence-corrected chi connectivity index (χ1v) is 5.92. The number of aromatic nitrogens is 1. The number of nitrogens with one attached hydrogen (secondary N) is 1. The van der Waals surface area contributed by atoms with Crippen LogP contribution >= 0.6 is 0 Å². The molecule has 2 rings (SSSR count). The summed E-state index contributed by atoms with van der Waals surface area (Å²) in [7, 11) is 0. The Kier molecular flexibility index (Phi) is 4.03. The molecular weight excluding hydrogens is 250 g/mol. The largest absolute Gasteiger partial charge is 0.369 e. The van der Waals surface area contributed by atoms with Crippen molar-refractivity contribution in [2.75, 3.05) is 26.2 Å². The molecule has 1 aromatic heterocycles. The van der Waals surface area contributed by atoms with Crippen molar-refractivity contribution < 1.29 is 9.72 Å². The fraction of sp³-hybridized carbons (Fsp3) is 0.455. The second-order valence-electron chi connectivity index (χ2n) is 4.32. The van der Waals surface area contributed by atoms with Crippen LogP contribution in [0.25, 0.3) is 0 Å². The maximum absolute atomic E-state index is 11.1. The van der Waals surface area contributed by atoms with Gasteiger partial charge in [-0.05, 0) is 6.07 Å². The van der Waals surface area contributed by atoms with Gasteiger partial charge in [0.05, 0.1) is 17.5 Å². The van der Waals surface area contributed by atoms with Crippen molar-refractivity contribution in [3.63, 3.8) is 0 Å². The third-order valence-corrected chi connectivity index (χ3v) is 3.04. The Morgan fingerprint density at radius 2 is 2.47 bits per heavy atom. The van der Waals surface area contributed by atoms with Crippen LogP contribution in [0.2, 0.25) is 0 Å². The van der Waals surface area contributed by atoms with E-state index in [0.717, 1.165) is 0 Å². The Labute approximate surface area is 109 Å². The van der Waals surface area contributed by atoms with E-state index in [1.165, 1.54) is 18.3 Å². The number of hydrogen-bond donors (Lipinski definition) is 2. The summed E-state index contributed by atoms with van der Waals surface area (Å²) in [6, 6.07) is 2.62. The molecule has 1 aliphatic rings. The monoisotopic (exact) mass is 265 g/mol. The number of carbonyl (C=O) groups excluding carboxylic acids is 1. The minimum absolute atomic E-state index is 0.0364. The summed E-state index contributed by atoms with van der Waals surface area (Å²) in [5.74, 6) is -0.453. The molecule has 8 heteroatoms. The summed E-state index contributed by atoms with van der Waals surface area (Å²) in [6.07, 6.45) is 1.51. The Hall–Kier alpha value is -2.06. The molecule has 1 fully saturated rings. The maximum Gasteiger partial charge on any atom is 0.292 e. The van der Waals surface area contributed by atoms with Crippen LogP contribution in [-0.4, -0.2) is 46.9 Å². The van der Waals surface area contributed by atoms with Gasteiger partial charge in [0.15, 0.2) is 0 Å². The van der Waals surface area contributed by atoms with Crippen molar-refractivity contribution in [2.24, 2.45) is 5.73 Å². The van der Waals surface area contributed by atoms with Gasteiger partial charge >= 0.3 is 0 Å². The van der Waals surface area contributed by atoms with Gasteiger partial charge in [0.25, 0.3) is 5.69 Å². The van der Waals surface area contributed by atoms with Crippen molar-refractivity contribution in [3.8, 4) is 0 Å². The molecule has 0 saturated carbocycles. The predicted octanol–water partition coefficient (Wildman–Crippen LogP) is -0.579. The molecule has 1 unspecified atom stereocenters. The lowest BCUT2D eigenvalue weighted by atomic mass is 10.1. The highest BCUT2D eigenvalue weighted by Gasteiger charge is 2.31. The number of nitro groups is 1. The van der Waals surface area contributed by atoms with Gasteiger partial charge in [-0.2, -0.15) is 0 Å². The van der Waals surface area contributed by atoms with Crippen LogP contribution in [0.4, 0.5) is 5.69 Å². The van der Waals surface area contributed by atoms with Gasteiger partial charge in [0.1, 0.15) is 5.69 Å². The van der Waals surface area contributed by atoms with E-state index in [9.17, 15) is 14.9 Å². The van der Waals surface area contributed by atoms with E-state index in [0.29, 0.717) is 25.3 Å². The van der Waals surface area contributed by atoms with Crippen LogP contribution < -0.4 is 11.1 Å². The molecule has 1 amide bonds.